The molecule has 3 heteroatoms. The average molecular weight is 250 g/mol. The monoisotopic (exact) mass is 250 g/mol. The number of hydrogen-bond acceptors (Lipinski definition) is 2. The van der Waals surface area contributed by atoms with E-state index >= 15 is 0 Å². The van der Waals surface area contributed by atoms with E-state index in [0.717, 1.165) is 37.3 Å². The normalized spacial score (nSPS) is 40.3. The molecule has 3 rings (SSSR count). The number of nitrogens with zero attached hydrogens (tertiary/aromatic N) is 1. The minimum absolute atomic E-state index is 0.0751. The van der Waals surface area contributed by atoms with Gasteiger partial charge in [-0.25, -0.2) is 0 Å². The van der Waals surface area contributed by atoms with E-state index in [0.29, 0.717) is 5.91 Å². The number of hydrogen-bond donors (Lipinski definition) is 1. The zero-order valence-electron chi connectivity index (χ0n) is 11.5. The molecule has 0 aromatic rings. The van der Waals surface area contributed by atoms with Gasteiger partial charge in [-0.15, -0.1) is 0 Å². The molecule has 3 fully saturated rings. The molecule has 1 aliphatic heterocycles. The van der Waals surface area contributed by atoms with Crippen LogP contribution in [0.1, 0.15) is 44.9 Å². The minimum Gasteiger partial charge on any atom is -0.341 e. The topological polar surface area (TPSA) is 32.3 Å². The summed E-state index contributed by atoms with van der Waals surface area (Å²) in [5, 5.41) is 3.19. The predicted octanol–water partition coefficient (Wildman–Crippen LogP) is 2.02. The molecule has 1 heterocycles. The van der Waals surface area contributed by atoms with E-state index in [1.54, 1.807) is 0 Å². The Labute approximate surface area is 110 Å². The third-order valence-corrected chi connectivity index (χ3v) is 5.32. The molecule has 3 nitrogen and oxygen atoms in total. The van der Waals surface area contributed by atoms with Gasteiger partial charge in [-0.2, -0.15) is 0 Å². The number of carbonyl (C=O) groups is 1. The number of carbonyl (C=O) groups excluding carboxylic acids is 1. The Morgan fingerprint density at radius 1 is 1.22 bits per heavy atom. The molecular formula is C15H26N2O. The lowest BCUT2D eigenvalue weighted by Crippen LogP contribution is -2.46. The molecule has 1 N–H and O–H groups in total. The Balaban J connectivity index is 1.61. The highest BCUT2D eigenvalue weighted by molar-refractivity contribution is 5.82. The van der Waals surface area contributed by atoms with Gasteiger partial charge in [0, 0.05) is 13.1 Å². The Morgan fingerprint density at radius 3 is 2.94 bits per heavy atom. The van der Waals surface area contributed by atoms with Gasteiger partial charge in [0.2, 0.25) is 5.91 Å². The molecule has 4 atom stereocenters. The molecule has 1 saturated heterocycles. The predicted molar refractivity (Wildman–Crippen MR) is 72.2 cm³/mol. The standard InChI is InChI=1S/C15H26N2O/c1-16-14-7-2-3-8-17(15(14)18)10-12-6-4-5-11-9-13(11)12/h11-14,16H,2-10H2,1H3. The molecule has 0 bridgehead atoms. The first-order chi connectivity index (χ1) is 8.79. The maximum atomic E-state index is 12.4. The lowest BCUT2D eigenvalue weighted by molar-refractivity contribution is -0.133. The molecule has 1 amide bonds. The zero-order chi connectivity index (χ0) is 12.5. The number of fused-ring (bicyclic) bond motifs is 1. The second kappa shape index (κ2) is 5.20. The van der Waals surface area contributed by atoms with Crippen LogP contribution in [0.25, 0.3) is 0 Å². The van der Waals surface area contributed by atoms with Gasteiger partial charge in [0.05, 0.1) is 6.04 Å². The van der Waals surface area contributed by atoms with Crippen LogP contribution in [-0.4, -0.2) is 37.0 Å². The van der Waals surface area contributed by atoms with Crippen LogP contribution in [0.5, 0.6) is 0 Å². The Hall–Kier alpha value is -0.570. The fourth-order valence-corrected chi connectivity index (χ4v) is 4.10. The van der Waals surface area contributed by atoms with Gasteiger partial charge in [0.25, 0.3) is 0 Å². The molecule has 18 heavy (non-hydrogen) atoms. The highest BCUT2D eigenvalue weighted by atomic mass is 16.2. The number of amides is 1. The minimum atomic E-state index is 0.0751. The maximum Gasteiger partial charge on any atom is 0.239 e. The average Bonchev–Trinajstić information content (AvgIpc) is 3.17. The van der Waals surface area contributed by atoms with Crippen LogP contribution in [0.2, 0.25) is 0 Å². The van der Waals surface area contributed by atoms with Crippen molar-refractivity contribution >= 4 is 5.91 Å². The van der Waals surface area contributed by atoms with Gasteiger partial charge < -0.3 is 10.2 Å². The first-order valence-corrected chi connectivity index (χ1v) is 7.75. The van der Waals surface area contributed by atoms with Crippen molar-refractivity contribution in [3.63, 3.8) is 0 Å². The number of rotatable bonds is 3. The number of nitrogens with one attached hydrogen (secondary N) is 1. The molecular weight excluding hydrogens is 224 g/mol. The Morgan fingerprint density at radius 2 is 2.11 bits per heavy atom. The molecule has 2 saturated carbocycles. The maximum absolute atomic E-state index is 12.4. The van der Waals surface area contributed by atoms with Crippen LogP contribution in [0.4, 0.5) is 0 Å². The summed E-state index contributed by atoms with van der Waals surface area (Å²) in [5.41, 5.74) is 0. The molecule has 0 radical (unpaired) electrons. The quantitative estimate of drug-likeness (QED) is 0.831. The summed E-state index contributed by atoms with van der Waals surface area (Å²) >= 11 is 0. The van der Waals surface area contributed by atoms with E-state index in [9.17, 15) is 4.79 Å². The van der Waals surface area contributed by atoms with Crippen molar-refractivity contribution in [2.75, 3.05) is 20.1 Å². The van der Waals surface area contributed by atoms with E-state index in [-0.39, 0.29) is 6.04 Å². The lowest BCUT2D eigenvalue weighted by atomic mass is 9.88. The summed E-state index contributed by atoms with van der Waals surface area (Å²) in [7, 11) is 1.92. The van der Waals surface area contributed by atoms with Crippen molar-refractivity contribution in [1.29, 1.82) is 0 Å². The largest absolute Gasteiger partial charge is 0.341 e. The summed E-state index contributed by atoms with van der Waals surface area (Å²) in [5.74, 6) is 3.15. The molecule has 2 aliphatic carbocycles. The van der Waals surface area contributed by atoms with Crippen molar-refractivity contribution in [3.8, 4) is 0 Å². The van der Waals surface area contributed by atoms with Crippen molar-refractivity contribution in [2.45, 2.75) is 51.0 Å². The Kier molecular flexibility index (Phi) is 3.60. The molecule has 4 unspecified atom stereocenters. The lowest BCUT2D eigenvalue weighted by Gasteiger charge is -2.30. The highest BCUT2D eigenvalue weighted by Gasteiger charge is 2.45. The molecule has 0 spiro atoms. The molecule has 0 aromatic heterocycles. The van der Waals surface area contributed by atoms with E-state index < -0.39 is 0 Å². The van der Waals surface area contributed by atoms with E-state index in [2.05, 4.69) is 10.2 Å². The smallest absolute Gasteiger partial charge is 0.239 e. The van der Waals surface area contributed by atoms with Gasteiger partial charge >= 0.3 is 0 Å². The second-order valence-corrected chi connectivity index (χ2v) is 6.47. The third-order valence-electron chi connectivity index (χ3n) is 5.32. The van der Waals surface area contributed by atoms with E-state index in [1.807, 2.05) is 7.05 Å². The fraction of sp³-hybridized carbons (Fsp3) is 0.933. The van der Waals surface area contributed by atoms with Crippen LogP contribution in [0.15, 0.2) is 0 Å². The number of likely N-dealkylation sites (N-methyl/N-ethyl adjacent to an activating group) is 1. The van der Waals surface area contributed by atoms with Gasteiger partial charge in [-0.1, -0.05) is 12.8 Å². The van der Waals surface area contributed by atoms with Gasteiger partial charge in [0.1, 0.15) is 0 Å². The zero-order valence-corrected chi connectivity index (χ0v) is 11.5. The molecule has 102 valence electrons. The van der Waals surface area contributed by atoms with Gasteiger partial charge in [-0.3, -0.25) is 4.79 Å². The van der Waals surface area contributed by atoms with Crippen LogP contribution < -0.4 is 5.32 Å². The van der Waals surface area contributed by atoms with Gasteiger partial charge in [-0.05, 0) is 56.9 Å². The first-order valence-electron chi connectivity index (χ1n) is 7.75. The van der Waals surface area contributed by atoms with Gasteiger partial charge in [0.15, 0.2) is 0 Å². The number of likely N-dealkylation sites (tertiary alicyclic amines) is 1. The second-order valence-electron chi connectivity index (χ2n) is 6.47. The fourth-order valence-electron chi connectivity index (χ4n) is 4.10. The van der Waals surface area contributed by atoms with Crippen LogP contribution in [0.3, 0.4) is 0 Å². The van der Waals surface area contributed by atoms with Crippen LogP contribution in [-0.2, 0) is 4.79 Å². The van der Waals surface area contributed by atoms with Crippen molar-refractivity contribution in [1.82, 2.24) is 10.2 Å². The Bertz CT molecular complexity index is 318. The highest BCUT2D eigenvalue weighted by Crippen LogP contribution is 2.52. The summed E-state index contributed by atoms with van der Waals surface area (Å²) in [6.45, 7) is 2.03. The third kappa shape index (κ3) is 2.42. The SMILES string of the molecule is CNC1CCCCN(CC2CCCC3CC32)C1=O. The van der Waals surface area contributed by atoms with Crippen molar-refractivity contribution in [2.24, 2.45) is 17.8 Å². The molecule has 0 aromatic carbocycles. The van der Waals surface area contributed by atoms with Crippen molar-refractivity contribution < 1.29 is 4.79 Å². The summed E-state index contributed by atoms with van der Waals surface area (Å²) in [6.07, 6.45) is 9.03. The molecule has 3 aliphatic rings. The summed E-state index contributed by atoms with van der Waals surface area (Å²) in [6, 6.07) is 0.0751. The van der Waals surface area contributed by atoms with E-state index in [1.165, 1.54) is 38.5 Å². The van der Waals surface area contributed by atoms with Crippen molar-refractivity contribution in [3.05, 3.63) is 0 Å². The first kappa shape index (κ1) is 12.5. The summed E-state index contributed by atoms with van der Waals surface area (Å²) in [4.78, 5) is 14.6. The van der Waals surface area contributed by atoms with E-state index in [4.69, 9.17) is 0 Å². The van der Waals surface area contributed by atoms with Crippen LogP contribution in [0, 0.1) is 17.8 Å². The summed E-state index contributed by atoms with van der Waals surface area (Å²) < 4.78 is 0. The van der Waals surface area contributed by atoms with Crippen LogP contribution >= 0.6 is 0 Å².